The van der Waals surface area contributed by atoms with Crippen molar-refractivity contribution in [3.63, 3.8) is 0 Å². The first-order chi connectivity index (χ1) is 20.5. The van der Waals surface area contributed by atoms with Gasteiger partial charge in [-0.2, -0.15) is 10.2 Å². The fraction of sp³-hybridized carbons (Fsp3) is 0.333. The van der Waals surface area contributed by atoms with Gasteiger partial charge in [0.05, 0.1) is 54.8 Å². The Morgan fingerprint density at radius 3 is 2.62 bits per heavy atom. The first-order valence-electron chi connectivity index (χ1n) is 13.8. The number of hydrogen-bond donors (Lipinski definition) is 3. The Bertz CT molecular complexity index is 1480. The molecule has 218 valence electrons. The van der Waals surface area contributed by atoms with Gasteiger partial charge in [0, 0.05) is 38.3 Å². The zero-order chi connectivity index (χ0) is 29.5. The minimum atomic E-state index is -0.319. The van der Waals surface area contributed by atoms with Gasteiger partial charge in [-0.15, -0.1) is 0 Å². The third kappa shape index (κ3) is 6.74. The van der Waals surface area contributed by atoms with Gasteiger partial charge in [-0.1, -0.05) is 30.3 Å². The summed E-state index contributed by atoms with van der Waals surface area (Å²) in [7, 11) is 1.59. The maximum atomic E-state index is 12.4. The highest BCUT2D eigenvalue weighted by Crippen LogP contribution is 2.40. The Kier molecular flexibility index (Phi) is 9.38. The van der Waals surface area contributed by atoms with Gasteiger partial charge >= 0.3 is 0 Å². The molecule has 3 heterocycles. The molecular weight excluding hydrogens is 556 g/mol. The van der Waals surface area contributed by atoms with Crippen LogP contribution in [0.1, 0.15) is 18.4 Å². The standard InChI is InChI=1S/C30H33ClN8O3/c1-3-28(40)34-24-16-25(36-30-33-19-22(31)29(37-30)35-23-7-5-4-6-20(23)18-32)27(41-2)17-26(24)39-10-8-21(9-11-39)38-12-14-42-15-13-38/h3-7,16-17,19,21H,1,8-15H2,2H3,(H,34,40)(H2,33,35,36,37). The predicted molar refractivity (Wildman–Crippen MR) is 164 cm³/mol. The molecule has 2 fully saturated rings. The number of carbonyl (C=O) groups is 1. The molecule has 0 radical (unpaired) electrons. The summed E-state index contributed by atoms with van der Waals surface area (Å²) in [5.41, 5.74) is 3.05. The average molecular weight is 589 g/mol. The number of benzene rings is 2. The maximum absolute atomic E-state index is 12.4. The topological polar surface area (TPSA) is 128 Å². The highest BCUT2D eigenvalue weighted by molar-refractivity contribution is 6.33. The summed E-state index contributed by atoms with van der Waals surface area (Å²) in [5.74, 6) is 0.811. The van der Waals surface area contributed by atoms with E-state index in [9.17, 15) is 10.1 Å². The second-order valence-electron chi connectivity index (χ2n) is 9.93. The van der Waals surface area contributed by atoms with Crippen LogP contribution in [0.4, 0.5) is 34.5 Å². The van der Waals surface area contributed by atoms with Crippen molar-refractivity contribution in [1.82, 2.24) is 14.9 Å². The van der Waals surface area contributed by atoms with Gasteiger partial charge < -0.3 is 30.3 Å². The normalized spacial score (nSPS) is 15.9. The molecule has 2 aliphatic heterocycles. The van der Waals surface area contributed by atoms with E-state index in [0.29, 0.717) is 40.2 Å². The van der Waals surface area contributed by atoms with Gasteiger partial charge in [0.15, 0.2) is 5.82 Å². The van der Waals surface area contributed by atoms with E-state index in [1.807, 2.05) is 12.1 Å². The minimum Gasteiger partial charge on any atom is -0.494 e. The van der Waals surface area contributed by atoms with Gasteiger partial charge in [0.25, 0.3) is 0 Å². The number of amides is 1. The number of nitrogens with zero attached hydrogens (tertiary/aromatic N) is 5. The number of rotatable bonds is 9. The van der Waals surface area contributed by atoms with Crippen LogP contribution in [-0.4, -0.2) is 73.3 Å². The summed E-state index contributed by atoms with van der Waals surface area (Å²) < 4.78 is 11.3. The van der Waals surface area contributed by atoms with Crippen molar-refractivity contribution >= 4 is 52.0 Å². The molecule has 0 aliphatic carbocycles. The third-order valence-corrected chi connectivity index (χ3v) is 7.70. The molecule has 3 N–H and O–H groups in total. The van der Waals surface area contributed by atoms with Crippen molar-refractivity contribution in [2.75, 3.05) is 67.4 Å². The Labute approximate surface area is 250 Å². The van der Waals surface area contributed by atoms with Crippen LogP contribution in [0.5, 0.6) is 5.75 Å². The van der Waals surface area contributed by atoms with Gasteiger partial charge in [-0.05, 0) is 37.1 Å². The van der Waals surface area contributed by atoms with Crippen LogP contribution < -0.4 is 25.6 Å². The van der Waals surface area contributed by atoms with Crippen molar-refractivity contribution in [1.29, 1.82) is 5.26 Å². The van der Waals surface area contributed by atoms with E-state index in [0.717, 1.165) is 57.9 Å². The Morgan fingerprint density at radius 1 is 1.14 bits per heavy atom. The SMILES string of the molecule is C=CC(=O)Nc1cc(Nc2ncc(Cl)c(Nc3ccccc3C#N)n2)c(OC)cc1N1CCC(N2CCOCC2)CC1. The summed E-state index contributed by atoms with van der Waals surface area (Å²) in [4.78, 5) is 26.1. The number of halogens is 1. The first kappa shape index (κ1) is 29.1. The summed E-state index contributed by atoms with van der Waals surface area (Å²) in [5, 5.41) is 19.0. The lowest BCUT2D eigenvalue weighted by Crippen LogP contribution is -2.49. The number of methoxy groups -OCH3 is 1. The van der Waals surface area contributed by atoms with Crippen LogP contribution in [0.3, 0.4) is 0 Å². The number of nitrogens with one attached hydrogen (secondary N) is 3. The zero-order valence-electron chi connectivity index (χ0n) is 23.4. The third-order valence-electron chi connectivity index (χ3n) is 7.42. The van der Waals surface area contributed by atoms with Gasteiger partial charge in [0.2, 0.25) is 11.9 Å². The maximum Gasteiger partial charge on any atom is 0.247 e. The van der Waals surface area contributed by atoms with Crippen molar-refractivity contribution in [3.8, 4) is 11.8 Å². The molecule has 42 heavy (non-hydrogen) atoms. The second kappa shape index (κ2) is 13.5. The minimum absolute atomic E-state index is 0.245. The van der Waals surface area contributed by atoms with E-state index in [1.165, 1.54) is 12.3 Å². The van der Waals surface area contributed by atoms with E-state index in [1.54, 1.807) is 31.4 Å². The fourth-order valence-electron chi connectivity index (χ4n) is 5.25. The number of para-hydroxylation sites is 1. The van der Waals surface area contributed by atoms with Crippen LogP contribution in [0.2, 0.25) is 5.02 Å². The van der Waals surface area contributed by atoms with Crippen molar-refractivity contribution in [2.24, 2.45) is 0 Å². The molecule has 12 heteroatoms. The van der Waals surface area contributed by atoms with E-state index in [-0.39, 0.29) is 16.9 Å². The molecule has 0 bridgehead atoms. The number of hydrogen-bond acceptors (Lipinski definition) is 10. The molecule has 0 unspecified atom stereocenters. The lowest BCUT2D eigenvalue weighted by atomic mass is 10.0. The molecular formula is C30H33ClN8O3. The van der Waals surface area contributed by atoms with Crippen molar-refractivity contribution in [2.45, 2.75) is 18.9 Å². The predicted octanol–water partition coefficient (Wildman–Crippen LogP) is 4.92. The number of morpholine rings is 1. The van der Waals surface area contributed by atoms with E-state index in [2.05, 4.69) is 48.4 Å². The summed E-state index contributed by atoms with van der Waals surface area (Å²) in [6.07, 6.45) is 4.74. The summed E-state index contributed by atoms with van der Waals surface area (Å²) >= 11 is 6.37. The molecule has 1 aromatic heterocycles. The first-order valence-corrected chi connectivity index (χ1v) is 14.1. The number of piperidine rings is 1. The second-order valence-corrected chi connectivity index (χ2v) is 10.3. The van der Waals surface area contributed by atoms with Gasteiger partial charge in [-0.3, -0.25) is 9.69 Å². The largest absolute Gasteiger partial charge is 0.494 e. The van der Waals surface area contributed by atoms with Crippen LogP contribution >= 0.6 is 11.6 Å². The Morgan fingerprint density at radius 2 is 1.90 bits per heavy atom. The van der Waals surface area contributed by atoms with Crippen molar-refractivity contribution < 1.29 is 14.3 Å². The highest BCUT2D eigenvalue weighted by atomic mass is 35.5. The molecule has 0 spiro atoms. The smallest absolute Gasteiger partial charge is 0.247 e. The van der Waals surface area contributed by atoms with Crippen LogP contribution in [0.25, 0.3) is 0 Å². The Hall–Kier alpha value is -4.37. The average Bonchev–Trinajstić information content (AvgIpc) is 3.03. The molecule has 0 saturated carbocycles. The molecule has 1 amide bonds. The fourth-order valence-corrected chi connectivity index (χ4v) is 5.39. The van der Waals surface area contributed by atoms with E-state index in [4.69, 9.17) is 21.1 Å². The lowest BCUT2D eigenvalue weighted by molar-refractivity contribution is -0.111. The molecule has 11 nitrogen and oxygen atoms in total. The molecule has 0 atom stereocenters. The molecule has 2 aliphatic rings. The molecule has 2 aromatic carbocycles. The number of ether oxygens (including phenoxy) is 2. The van der Waals surface area contributed by atoms with Crippen LogP contribution in [0.15, 0.2) is 55.3 Å². The molecule has 2 saturated heterocycles. The van der Waals surface area contributed by atoms with Crippen LogP contribution in [-0.2, 0) is 9.53 Å². The molecule has 5 rings (SSSR count). The summed E-state index contributed by atoms with van der Waals surface area (Å²) in [6, 6.07) is 13.4. The summed E-state index contributed by atoms with van der Waals surface area (Å²) in [6.45, 7) is 8.79. The quantitative estimate of drug-likeness (QED) is 0.296. The molecule has 3 aromatic rings. The number of anilines is 6. The lowest BCUT2D eigenvalue weighted by Gasteiger charge is -2.41. The highest BCUT2D eigenvalue weighted by Gasteiger charge is 2.28. The number of nitriles is 1. The van der Waals surface area contributed by atoms with E-state index >= 15 is 0 Å². The van der Waals surface area contributed by atoms with Gasteiger partial charge in [-0.25, -0.2) is 4.98 Å². The number of aromatic nitrogens is 2. The van der Waals surface area contributed by atoms with Gasteiger partial charge in [0.1, 0.15) is 16.8 Å². The number of carbonyl (C=O) groups excluding carboxylic acids is 1. The van der Waals surface area contributed by atoms with Crippen molar-refractivity contribution in [3.05, 3.63) is 65.8 Å². The van der Waals surface area contributed by atoms with Crippen LogP contribution in [0, 0.1) is 11.3 Å². The monoisotopic (exact) mass is 588 g/mol. The zero-order valence-corrected chi connectivity index (χ0v) is 24.2. The Balaban J connectivity index is 1.40. The van der Waals surface area contributed by atoms with E-state index < -0.39 is 0 Å².